The number of H-pyrrole nitrogens is 1. The summed E-state index contributed by atoms with van der Waals surface area (Å²) in [6, 6.07) is 9.13. The standard InChI is InChI=1S/C22H22F4N4/c23-15-5-6-16-14(10-28-19(16)8-15)9-27-18-7-4-13-11-30(12-17(13)18)21-3-1-2-20(29-21)22(24,25)26/h1-3,5-6,8,10,13,17-18,27-28H,4,7,9,11-12H2. The van der Waals surface area contributed by atoms with E-state index in [0.29, 0.717) is 36.8 Å². The van der Waals surface area contributed by atoms with Gasteiger partial charge in [-0.05, 0) is 60.6 Å². The minimum atomic E-state index is -4.43. The number of halogens is 4. The summed E-state index contributed by atoms with van der Waals surface area (Å²) in [6.45, 7) is 2.11. The Morgan fingerprint density at radius 1 is 1.13 bits per heavy atom. The van der Waals surface area contributed by atoms with E-state index in [0.717, 1.165) is 41.9 Å². The number of alkyl halides is 3. The first-order chi connectivity index (χ1) is 14.4. The summed E-state index contributed by atoms with van der Waals surface area (Å²) in [6.07, 6.45) is -0.429. The zero-order valence-electron chi connectivity index (χ0n) is 16.2. The summed E-state index contributed by atoms with van der Waals surface area (Å²) in [5.74, 6) is 0.966. The van der Waals surface area contributed by atoms with Gasteiger partial charge < -0.3 is 15.2 Å². The zero-order valence-corrected chi connectivity index (χ0v) is 16.2. The normalized spacial score (nSPS) is 24.0. The molecule has 3 unspecified atom stereocenters. The van der Waals surface area contributed by atoms with Crippen molar-refractivity contribution in [1.82, 2.24) is 15.3 Å². The number of hydrogen-bond acceptors (Lipinski definition) is 3. The van der Waals surface area contributed by atoms with Crippen LogP contribution in [0.2, 0.25) is 0 Å². The van der Waals surface area contributed by atoms with E-state index in [-0.39, 0.29) is 5.82 Å². The van der Waals surface area contributed by atoms with E-state index in [9.17, 15) is 17.6 Å². The first-order valence-electron chi connectivity index (χ1n) is 10.2. The minimum absolute atomic E-state index is 0.267. The molecule has 1 saturated carbocycles. The van der Waals surface area contributed by atoms with Gasteiger partial charge in [0.2, 0.25) is 0 Å². The summed E-state index contributed by atoms with van der Waals surface area (Å²) in [7, 11) is 0. The van der Waals surface area contributed by atoms with Gasteiger partial charge in [-0.25, -0.2) is 9.37 Å². The molecule has 1 aliphatic heterocycles. The monoisotopic (exact) mass is 418 g/mol. The van der Waals surface area contributed by atoms with Crippen molar-refractivity contribution >= 4 is 16.7 Å². The lowest BCUT2D eigenvalue weighted by Crippen LogP contribution is -2.35. The first-order valence-corrected chi connectivity index (χ1v) is 10.2. The molecule has 0 bridgehead atoms. The molecule has 8 heteroatoms. The highest BCUT2D eigenvalue weighted by atomic mass is 19.4. The average molecular weight is 418 g/mol. The fourth-order valence-corrected chi connectivity index (χ4v) is 5.01. The molecule has 2 aliphatic rings. The number of nitrogens with one attached hydrogen (secondary N) is 2. The summed E-state index contributed by atoms with van der Waals surface area (Å²) in [5.41, 5.74) is 1.02. The quantitative estimate of drug-likeness (QED) is 0.603. The van der Waals surface area contributed by atoms with Crippen LogP contribution < -0.4 is 10.2 Å². The van der Waals surface area contributed by atoms with Crippen LogP contribution in [0.5, 0.6) is 0 Å². The van der Waals surface area contributed by atoms with Gasteiger partial charge in [-0.1, -0.05) is 6.07 Å². The maximum atomic E-state index is 13.4. The predicted molar refractivity (Wildman–Crippen MR) is 107 cm³/mol. The number of pyridine rings is 1. The molecule has 0 spiro atoms. The van der Waals surface area contributed by atoms with E-state index in [1.165, 1.54) is 18.2 Å². The second-order valence-electron chi connectivity index (χ2n) is 8.28. The second kappa shape index (κ2) is 7.27. The van der Waals surface area contributed by atoms with E-state index in [1.54, 1.807) is 12.1 Å². The van der Waals surface area contributed by atoms with Gasteiger partial charge >= 0.3 is 6.18 Å². The van der Waals surface area contributed by atoms with Crippen molar-refractivity contribution in [3.05, 3.63) is 59.7 Å². The minimum Gasteiger partial charge on any atom is -0.361 e. The van der Waals surface area contributed by atoms with Crippen molar-refractivity contribution in [2.24, 2.45) is 11.8 Å². The van der Waals surface area contributed by atoms with E-state index in [4.69, 9.17) is 0 Å². The van der Waals surface area contributed by atoms with Crippen LogP contribution in [0, 0.1) is 17.7 Å². The van der Waals surface area contributed by atoms with Gasteiger partial charge in [-0.3, -0.25) is 0 Å². The first kappa shape index (κ1) is 19.4. The molecular weight excluding hydrogens is 396 g/mol. The number of hydrogen-bond donors (Lipinski definition) is 2. The van der Waals surface area contributed by atoms with Gasteiger partial charge in [0.1, 0.15) is 17.3 Å². The number of aromatic amines is 1. The van der Waals surface area contributed by atoms with Gasteiger partial charge in [-0.15, -0.1) is 0 Å². The number of anilines is 1. The highest BCUT2D eigenvalue weighted by Gasteiger charge is 2.43. The highest BCUT2D eigenvalue weighted by Crippen LogP contribution is 2.40. The molecule has 3 aromatic rings. The Balaban J connectivity index is 1.26. The van der Waals surface area contributed by atoms with Crippen LogP contribution in [0.1, 0.15) is 24.1 Å². The molecule has 30 heavy (non-hydrogen) atoms. The Labute approximate surface area is 171 Å². The molecule has 2 aromatic heterocycles. The van der Waals surface area contributed by atoms with Gasteiger partial charge in [0.25, 0.3) is 0 Å². The fourth-order valence-electron chi connectivity index (χ4n) is 5.01. The van der Waals surface area contributed by atoms with Crippen LogP contribution in [0.15, 0.2) is 42.6 Å². The van der Waals surface area contributed by atoms with Crippen molar-refractivity contribution in [3.8, 4) is 0 Å². The van der Waals surface area contributed by atoms with E-state index >= 15 is 0 Å². The molecule has 0 radical (unpaired) electrons. The molecule has 158 valence electrons. The maximum absolute atomic E-state index is 13.4. The summed E-state index contributed by atoms with van der Waals surface area (Å²) in [5, 5.41) is 4.63. The van der Waals surface area contributed by atoms with Crippen molar-refractivity contribution < 1.29 is 17.6 Å². The molecule has 3 atom stereocenters. The van der Waals surface area contributed by atoms with Crippen molar-refractivity contribution in [2.75, 3.05) is 18.0 Å². The van der Waals surface area contributed by atoms with Crippen LogP contribution in [0.25, 0.3) is 10.9 Å². The van der Waals surface area contributed by atoms with Crippen molar-refractivity contribution in [1.29, 1.82) is 0 Å². The van der Waals surface area contributed by atoms with Crippen LogP contribution in [0.4, 0.5) is 23.4 Å². The van der Waals surface area contributed by atoms with Gasteiger partial charge in [0.15, 0.2) is 0 Å². The van der Waals surface area contributed by atoms with E-state index in [1.807, 2.05) is 11.1 Å². The SMILES string of the molecule is Fc1ccc2c(CNC3CCC4CN(c5cccc(C(F)(F)F)n5)CC43)c[nH]c2c1. The molecule has 4 nitrogen and oxygen atoms in total. The largest absolute Gasteiger partial charge is 0.433 e. The van der Waals surface area contributed by atoms with Gasteiger partial charge in [0.05, 0.1) is 0 Å². The molecule has 5 rings (SSSR count). The Hall–Kier alpha value is -2.61. The Morgan fingerprint density at radius 2 is 2.00 bits per heavy atom. The third-order valence-corrected chi connectivity index (χ3v) is 6.49. The number of fused-ring (bicyclic) bond motifs is 2. The molecule has 2 N–H and O–H groups in total. The molecule has 1 saturated heterocycles. The molecule has 2 fully saturated rings. The van der Waals surface area contributed by atoms with Gasteiger partial charge in [0, 0.05) is 42.8 Å². The highest BCUT2D eigenvalue weighted by molar-refractivity contribution is 5.83. The topological polar surface area (TPSA) is 44.0 Å². The Bertz CT molecular complexity index is 1060. The lowest BCUT2D eigenvalue weighted by atomic mass is 9.97. The molecule has 1 aliphatic carbocycles. The van der Waals surface area contributed by atoms with Crippen LogP contribution in [-0.2, 0) is 12.7 Å². The second-order valence-corrected chi connectivity index (χ2v) is 8.28. The van der Waals surface area contributed by atoms with Crippen LogP contribution >= 0.6 is 0 Å². The molecule has 0 amide bonds. The third kappa shape index (κ3) is 3.53. The van der Waals surface area contributed by atoms with Crippen LogP contribution in [0.3, 0.4) is 0 Å². The zero-order chi connectivity index (χ0) is 20.9. The van der Waals surface area contributed by atoms with Crippen molar-refractivity contribution in [3.63, 3.8) is 0 Å². The Kier molecular flexibility index (Phi) is 4.69. The smallest absolute Gasteiger partial charge is 0.361 e. The summed E-state index contributed by atoms with van der Waals surface area (Å²) < 4.78 is 52.4. The molecular formula is C22H22F4N4. The predicted octanol–water partition coefficient (Wildman–Crippen LogP) is 4.73. The maximum Gasteiger partial charge on any atom is 0.433 e. The lowest BCUT2D eigenvalue weighted by Gasteiger charge is -2.23. The third-order valence-electron chi connectivity index (χ3n) is 6.49. The molecule has 3 heterocycles. The van der Waals surface area contributed by atoms with E-state index in [2.05, 4.69) is 15.3 Å². The average Bonchev–Trinajstić information content (AvgIpc) is 3.40. The number of nitrogens with zero attached hydrogens (tertiary/aromatic N) is 2. The van der Waals surface area contributed by atoms with E-state index < -0.39 is 11.9 Å². The fraction of sp³-hybridized carbons (Fsp3) is 0.409. The summed E-state index contributed by atoms with van der Waals surface area (Å²) >= 11 is 0. The van der Waals surface area contributed by atoms with Crippen molar-refractivity contribution in [2.45, 2.75) is 31.6 Å². The summed E-state index contributed by atoms with van der Waals surface area (Å²) in [4.78, 5) is 8.94. The Morgan fingerprint density at radius 3 is 2.83 bits per heavy atom. The number of benzene rings is 1. The number of rotatable bonds is 4. The lowest BCUT2D eigenvalue weighted by molar-refractivity contribution is -0.141. The molecule has 1 aromatic carbocycles. The van der Waals surface area contributed by atoms with Gasteiger partial charge in [-0.2, -0.15) is 13.2 Å². The number of aromatic nitrogens is 2. The van der Waals surface area contributed by atoms with Crippen LogP contribution in [-0.4, -0.2) is 29.1 Å².